The first-order chi connectivity index (χ1) is 12.0. The molecular formula is C18H17FN4O2. The summed E-state index contributed by atoms with van der Waals surface area (Å²) in [6.45, 7) is 0.876. The van der Waals surface area contributed by atoms with Crippen molar-refractivity contribution in [3.8, 4) is 0 Å². The maximum Gasteiger partial charge on any atom is 0.322 e. The summed E-state index contributed by atoms with van der Waals surface area (Å²) in [6.07, 6.45) is 3.81. The second kappa shape index (κ2) is 7.12. The van der Waals surface area contributed by atoms with Crippen LogP contribution in [0.3, 0.4) is 0 Å². The third-order valence-corrected chi connectivity index (χ3v) is 3.98. The van der Waals surface area contributed by atoms with Gasteiger partial charge in [-0.3, -0.25) is 4.79 Å². The first kappa shape index (κ1) is 16.6. The number of hydrogen-bond acceptors (Lipinski definition) is 3. The van der Waals surface area contributed by atoms with Crippen LogP contribution in [-0.4, -0.2) is 34.9 Å². The molecule has 0 unspecified atom stereocenters. The third-order valence-electron chi connectivity index (χ3n) is 3.98. The first-order valence-corrected chi connectivity index (χ1v) is 7.80. The Hall–Kier alpha value is -3.22. The van der Waals surface area contributed by atoms with Gasteiger partial charge in [-0.15, -0.1) is 0 Å². The fraction of sp³-hybridized carbons (Fsp3) is 0.167. The number of anilines is 1. The minimum absolute atomic E-state index is 0.133. The number of rotatable bonds is 3. The van der Waals surface area contributed by atoms with Gasteiger partial charge in [0.05, 0.1) is 11.9 Å². The highest BCUT2D eigenvalue weighted by Crippen LogP contribution is 2.24. The van der Waals surface area contributed by atoms with E-state index in [1.54, 1.807) is 29.2 Å². The smallest absolute Gasteiger partial charge is 0.322 e. The molecule has 7 heteroatoms. The molecule has 128 valence electrons. The highest BCUT2D eigenvalue weighted by atomic mass is 19.1. The highest BCUT2D eigenvalue weighted by Gasteiger charge is 2.19. The van der Waals surface area contributed by atoms with Crippen LogP contribution in [0, 0.1) is 5.82 Å². The quantitative estimate of drug-likeness (QED) is 0.900. The molecule has 3 N–H and O–H groups in total. The molecule has 0 saturated heterocycles. The van der Waals surface area contributed by atoms with E-state index in [-0.39, 0.29) is 17.5 Å². The monoisotopic (exact) mass is 340 g/mol. The number of primary amides is 1. The normalized spacial score (nSPS) is 14.0. The van der Waals surface area contributed by atoms with Gasteiger partial charge in [-0.2, -0.15) is 0 Å². The van der Waals surface area contributed by atoms with Gasteiger partial charge in [0.15, 0.2) is 0 Å². The van der Waals surface area contributed by atoms with Gasteiger partial charge >= 0.3 is 6.03 Å². The maximum absolute atomic E-state index is 13.8. The van der Waals surface area contributed by atoms with Gasteiger partial charge in [0.1, 0.15) is 11.5 Å². The van der Waals surface area contributed by atoms with Gasteiger partial charge in [-0.25, -0.2) is 14.2 Å². The zero-order valence-corrected chi connectivity index (χ0v) is 13.4. The molecule has 0 atom stereocenters. The minimum atomic E-state index is -0.625. The Bertz CT molecular complexity index is 833. The summed E-state index contributed by atoms with van der Waals surface area (Å²) in [4.78, 5) is 28.8. The molecule has 0 bridgehead atoms. The molecule has 25 heavy (non-hydrogen) atoms. The largest absolute Gasteiger partial charge is 0.364 e. The van der Waals surface area contributed by atoms with E-state index in [1.807, 2.05) is 6.08 Å². The van der Waals surface area contributed by atoms with Crippen molar-refractivity contribution in [1.82, 2.24) is 9.88 Å². The van der Waals surface area contributed by atoms with Crippen molar-refractivity contribution >= 4 is 23.2 Å². The summed E-state index contributed by atoms with van der Waals surface area (Å²) in [5.41, 5.74) is 7.20. The summed E-state index contributed by atoms with van der Waals surface area (Å²) in [5.74, 6) is -0.882. The predicted molar refractivity (Wildman–Crippen MR) is 92.3 cm³/mol. The summed E-state index contributed by atoms with van der Waals surface area (Å²) in [6, 6.07) is 9.35. The molecular weight excluding hydrogens is 323 g/mol. The van der Waals surface area contributed by atoms with Crippen LogP contribution in [0.15, 0.2) is 48.7 Å². The maximum atomic E-state index is 13.8. The summed E-state index contributed by atoms with van der Waals surface area (Å²) in [5, 5.41) is 2.71. The molecule has 0 spiro atoms. The average molecular weight is 340 g/mol. The molecule has 0 aliphatic carbocycles. The lowest BCUT2D eigenvalue weighted by molar-refractivity contribution is 0.0995. The van der Waals surface area contributed by atoms with Gasteiger partial charge in [0.2, 0.25) is 0 Å². The molecule has 0 fully saturated rings. The van der Waals surface area contributed by atoms with Crippen LogP contribution in [0.1, 0.15) is 22.5 Å². The van der Waals surface area contributed by atoms with Crippen molar-refractivity contribution in [2.45, 2.75) is 6.42 Å². The van der Waals surface area contributed by atoms with Gasteiger partial charge in [-0.05, 0) is 30.2 Å². The molecule has 1 aromatic carbocycles. The second-order valence-corrected chi connectivity index (χ2v) is 5.63. The Morgan fingerprint density at radius 1 is 1.20 bits per heavy atom. The summed E-state index contributed by atoms with van der Waals surface area (Å²) >= 11 is 0. The van der Waals surface area contributed by atoms with Crippen LogP contribution in [0.25, 0.3) is 5.57 Å². The van der Waals surface area contributed by atoms with Crippen molar-refractivity contribution in [1.29, 1.82) is 0 Å². The Balaban J connectivity index is 1.63. The van der Waals surface area contributed by atoms with Crippen LogP contribution < -0.4 is 11.1 Å². The lowest BCUT2D eigenvalue weighted by Gasteiger charge is -2.27. The zero-order valence-electron chi connectivity index (χ0n) is 13.4. The van der Waals surface area contributed by atoms with E-state index in [0.29, 0.717) is 30.8 Å². The Morgan fingerprint density at radius 3 is 2.60 bits per heavy atom. The fourth-order valence-corrected chi connectivity index (χ4v) is 2.64. The summed E-state index contributed by atoms with van der Waals surface area (Å²) < 4.78 is 13.8. The fourth-order valence-electron chi connectivity index (χ4n) is 2.64. The van der Waals surface area contributed by atoms with Gasteiger partial charge in [0.25, 0.3) is 5.91 Å². The van der Waals surface area contributed by atoms with Crippen LogP contribution in [0.2, 0.25) is 0 Å². The van der Waals surface area contributed by atoms with E-state index >= 15 is 0 Å². The molecule has 0 saturated carbocycles. The van der Waals surface area contributed by atoms with Gasteiger partial charge < -0.3 is 16.0 Å². The topological polar surface area (TPSA) is 88.3 Å². The number of hydrogen-bond donors (Lipinski definition) is 2. The van der Waals surface area contributed by atoms with Crippen molar-refractivity contribution in [2.24, 2.45) is 5.73 Å². The van der Waals surface area contributed by atoms with Crippen molar-refractivity contribution in [2.75, 3.05) is 18.4 Å². The second-order valence-electron chi connectivity index (χ2n) is 5.63. The number of carbonyl (C=O) groups is 2. The number of nitrogens with one attached hydrogen (secondary N) is 1. The average Bonchev–Trinajstić information content (AvgIpc) is 2.63. The number of benzene rings is 1. The highest BCUT2D eigenvalue weighted by molar-refractivity contribution is 5.92. The van der Waals surface area contributed by atoms with Crippen molar-refractivity contribution < 1.29 is 14.0 Å². The van der Waals surface area contributed by atoms with E-state index in [4.69, 9.17) is 5.73 Å². The molecule has 3 rings (SSSR count). The van der Waals surface area contributed by atoms with Crippen LogP contribution in [0.4, 0.5) is 14.9 Å². The van der Waals surface area contributed by atoms with E-state index in [9.17, 15) is 14.0 Å². The lowest BCUT2D eigenvalue weighted by Crippen LogP contribution is -2.38. The molecule has 2 heterocycles. The van der Waals surface area contributed by atoms with E-state index in [1.165, 1.54) is 18.3 Å². The minimum Gasteiger partial charge on any atom is -0.364 e. The summed E-state index contributed by atoms with van der Waals surface area (Å²) in [7, 11) is 0. The molecule has 0 radical (unpaired) electrons. The number of amides is 3. The SMILES string of the molecule is NC(=O)c1ccc(NC(=O)N2CC=C(c3ccccc3F)CC2)cn1. The van der Waals surface area contributed by atoms with Crippen molar-refractivity contribution in [3.63, 3.8) is 0 Å². The van der Waals surface area contributed by atoms with Crippen LogP contribution in [0.5, 0.6) is 0 Å². The number of aromatic nitrogens is 1. The molecule has 3 amide bonds. The number of pyridine rings is 1. The lowest BCUT2D eigenvalue weighted by atomic mass is 9.99. The number of carbonyl (C=O) groups excluding carboxylic acids is 2. The van der Waals surface area contributed by atoms with E-state index < -0.39 is 5.91 Å². The molecule has 1 aliphatic rings. The third kappa shape index (κ3) is 3.82. The molecule has 6 nitrogen and oxygen atoms in total. The number of nitrogens with two attached hydrogens (primary N) is 1. The number of halogens is 1. The van der Waals surface area contributed by atoms with Crippen molar-refractivity contribution in [3.05, 3.63) is 65.7 Å². The van der Waals surface area contributed by atoms with Gasteiger partial charge in [0, 0.05) is 18.7 Å². The van der Waals surface area contributed by atoms with Gasteiger partial charge in [-0.1, -0.05) is 24.3 Å². The number of nitrogens with zero attached hydrogens (tertiary/aromatic N) is 2. The Kier molecular flexibility index (Phi) is 4.74. The first-order valence-electron chi connectivity index (χ1n) is 7.80. The molecule has 1 aromatic heterocycles. The van der Waals surface area contributed by atoms with E-state index in [2.05, 4.69) is 10.3 Å². The Morgan fingerprint density at radius 2 is 2.00 bits per heavy atom. The molecule has 1 aliphatic heterocycles. The van der Waals surface area contributed by atoms with Crippen LogP contribution in [-0.2, 0) is 0 Å². The zero-order chi connectivity index (χ0) is 17.8. The Labute approximate surface area is 144 Å². The predicted octanol–water partition coefficient (Wildman–Crippen LogP) is 2.64. The number of urea groups is 1. The standard InChI is InChI=1S/C18H17FN4O2/c19-15-4-2-1-3-14(15)12-7-9-23(10-8-12)18(25)22-13-5-6-16(17(20)24)21-11-13/h1-7,11H,8-10H2,(H2,20,24)(H,22,25). The van der Waals surface area contributed by atoms with E-state index in [0.717, 1.165) is 5.57 Å². The molecule has 2 aromatic rings. The van der Waals surface area contributed by atoms with Crippen LogP contribution >= 0.6 is 0 Å².